The lowest BCUT2D eigenvalue weighted by atomic mass is 9.81. The lowest BCUT2D eigenvalue weighted by Crippen LogP contribution is -2.04. The maximum atomic E-state index is 9.57. The van der Waals surface area contributed by atoms with Gasteiger partial charge in [0.15, 0.2) is 0 Å². The van der Waals surface area contributed by atoms with Gasteiger partial charge in [0.2, 0.25) is 0 Å². The van der Waals surface area contributed by atoms with E-state index in [4.69, 9.17) is 0 Å². The fourth-order valence-electron chi connectivity index (χ4n) is 3.03. The third kappa shape index (κ3) is 3.35. The van der Waals surface area contributed by atoms with E-state index >= 15 is 0 Å². The normalized spacial score (nSPS) is 11.7. The van der Waals surface area contributed by atoms with Crippen molar-refractivity contribution in [3.8, 4) is 16.9 Å². The van der Waals surface area contributed by atoms with Gasteiger partial charge < -0.3 is 5.11 Å². The summed E-state index contributed by atoms with van der Waals surface area (Å²) in [5, 5.41) is 9.57. The summed E-state index contributed by atoms with van der Waals surface area (Å²) < 4.78 is 0. The molecule has 0 aliphatic rings. The largest absolute Gasteiger partial charge is 0.508 e. The highest BCUT2D eigenvalue weighted by atomic mass is 16.3. The highest BCUT2D eigenvalue weighted by Gasteiger charge is 2.18. The van der Waals surface area contributed by atoms with Crippen LogP contribution in [0, 0.1) is 0 Å². The number of hydrogen-bond donors (Lipinski definition) is 1. The predicted octanol–water partition coefficient (Wildman–Crippen LogP) is 6.43. The molecule has 0 aliphatic carbocycles. The van der Waals surface area contributed by atoms with Gasteiger partial charge in [-0.2, -0.15) is 0 Å². The van der Waals surface area contributed by atoms with Gasteiger partial charge in [-0.1, -0.05) is 65.8 Å². The highest BCUT2D eigenvalue weighted by molar-refractivity contribution is 5.71. The van der Waals surface area contributed by atoms with E-state index in [1.54, 1.807) is 12.1 Å². The minimum absolute atomic E-state index is 0.318. The Morgan fingerprint density at radius 1 is 0.727 bits per heavy atom. The molecule has 0 amide bonds. The highest BCUT2D eigenvalue weighted by Crippen LogP contribution is 2.38. The van der Waals surface area contributed by atoms with E-state index in [1.165, 1.54) is 27.8 Å². The van der Waals surface area contributed by atoms with E-state index in [0.29, 0.717) is 23.5 Å². The maximum Gasteiger partial charge on any atom is 0.115 e. The molecule has 0 radical (unpaired) electrons. The van der Waals surface area contributed by atoms with Crippen LogP contribution in [-0.4, -0.2) is 5.11 Å². The number of benzene rings is 2. The predicted molar refractivity (Wildman–Crippen MR) is 95.8 cm³/mol. The van der Waals surface area contributed by atoms with Crippen LogP contribution in [0.4, 0.5) is 0 Å². The molecule has 2 aromatic rings. The first-order valence-corrected chi connectivity index (χ1v) is 8.28. The molecule has 0 saturated carbocycles. The number of phenolic OH excluding ortho intramolecular Hbond substituents is 1. The first-order chi connectivity index (χ1) is 10.3. The first kappa shape index (κ1) is 16.6. The molecule has 22 heavy (non-hydrogen) atoms. The first-order valence-electron chi connectivity index (χ1n) is 8.28. The van der Waals surface area contributed by atoms with Crippen molar-refractivity contribution in [2.24, 2.45) is 0 Å². The van der Waals surface area contributed by atoms with Crippen molar-refractivity contribution in [3.63, 3.8) is 0 Å². The smallest absolute Gasteiger partial charge is 0.115 e. The third-order valence-corrected chi connectivity index (χ3v) is 4.28. The van der Waals surface area contributed by atoms with Crippen molar-refractivity contribution in [3.05, 3.63) is 53.1 Å². The van der Waals surface area contributed by atoms with Crippen LogP contribution >= 0.6 is 0 Å². The molecule has 0 spiro atoms. The minimum atomic E-state index is 0.318. The molecule has 0 heterocycles. The van der Waals surface area contributed by atoms with Crippen molar-refractivity contribution in [2.45, 2.75) is 59.3 Å². The monoisotopic (exact) mass is 296 g/mol. The molecule has 0 atom stereocenters. The molecule has 0 saturated heterocycles. The summed E-state index contributed by atoms with van der Waals surface area (Å²) in [5.74, 6) is 1.81. The fraction of sp³-hybridized carbons (Fsp3) is 0.429. The number of rotatable bonds is 4. The van der Waals surface area contributed by atoms with E-state index in [-0.39, 0.29) is 0 Å². The number of hydrogen-bond acceptors (Lipinski definition) is 1. The summed E-state index contributed by atoms with van der Waals surface area (Å²) in [7, 11) is 0. The molecule has 1 nitrogen and oxygen atoms in total. The van der Waals surface area contributed by atoms with Gasteiger partial charge in [0.25, 0.3) is 0 Å². The summed E-state index contributed by atoms with van der Waals surface area (Å²) >= 11 is 0. The maximum absolute atomic E-state index is 9.57. The van der Waals surface area contributed by atoms with Crippen molar-refractivity contribution in [1.82, 2.24) is 0 Å². The Labute approximate surface area is 135 Å². The van der Waals surface area contributed by atoms with Crippen molar-refractivity contribution in [2.75, 3.05) is 0 Å². The zero-order valence-electron chi connectivity index (χ0n) is 14.6. The molecule has 2 rings (SSSR count). The van der Waals surface area contributed by atoms with Gasteiger partial charge in [-0.15, -0.1) is 0 Å². The molecule has 1 N–H and O–H groups in total. The fourth-order valence-corrected chi connectivity index (χ4v) is 3.03. The molecule has 118 valence electrons. The number of aromatic hydroxyl groups is 1. The average Bonchev–Trinajstić information content (AvgIpc) is 2.46. The van der Waals surface area contributed by atoms with Crippen molar-refractivity contribution < 1.29 is 5.11 Å². The second-order valence-corrected chi connectivity index (χ2v) is 7.08. The van der Waals surface area contributed by atoms with Gasteiger partial charge in [0.05, 0.1) is 0 Å². The molecule has 1 heteroatoms. The van der Waals surface area contributed by atoms with Crippen LogP contribution in [0.1, 0.15) is 76.0 Å². The summed E-state index contributed by atoms with van der Waals surface area (Å²) in [4.78, 5) is 0. The zero-order chi connectivity index (χ0) is 16.4. The molecule has 0 aliphatic heterocycles. The summed E-state index contributed by atoms with van der Waals surface area (Å²) in [6.07, 6.45) is 0. The van der Waals surface area contributed by atoms with E-state index in [9.17, 15) is 5.11 Å². The van der Waals surface area contributed by atoms with Gasteiger partial charge in [-0.25, -0.2) is 0 Å². The topological polar surface area (TPSA) is 20.2 Å². The lowest BCUT2D eigenvalue weighted by Gasteiger charge is -2.23. The lowest BCUT2D eigenvalue weighted by molar-refractivity contribution is 0.475. The van der Waals surface area contributed by atoms with Crippen LogP contribution in [0.2, 0.25) is 0 Å². The number of phenols is 1. The quantitative estimate of drug-likeness (QED) is 0.689. The second kappa shape index (κ2) is 6.56. The average molecular weight is 296 g/mol. The van der Waals surface area contributed by atoms with E-state index < -0.39 is 0 Å². The zero-order valence-corrected chi connectivity index (χ0v) is 14.6. The Morgan fingerprint density at radius 3 is 1.77 bits per heavy atom. The standard InChI is InChI=1S/C21H28O/c1-13(2)17-11-19(14(3)4)21(15(5)6)20(12-17)16-7-9-18(22)10-8-16/h7-15,22H,1-6H3. The molecular weight excluding hydrogens is 268 g/mol. The Hall–Kier alpha value is -1.76. The Kier molecular flexibility index (Phi) is 4.95. The van der Waals surface area contributed by atoms with Crippen molar-refractivity contribution in [1.29, 1.82) is 0 Å². The van der Waals surface area contributed by atoms with E-state index in [1.807, 2.05) is 12.1 Å². The molecular formula is C21H28O. The van der Waals surface area contributed by atoms with Gasteiger partial charge in [0.1, 0.15) is 5.75 Å². The Balaban J connectivity index is 2.75. The third-order valence-electron chi connectivity index (χ3n) is 4.28. The van der Waals surface area contributed by atoms with Gasteiger partial charge in [0, 0.05) is 0 Å². The summed E-state index contributed by atoms with van der Waals surface area (Å²) in [6, 6.07) is 12.3. The van der Waals surface area contributed by atoms with Gasteiger partial charge in [-0.05, 0) is 57.7 Å². The van der Waals surface area contributed by atoms with E-state index in [0.717, 1.165) is 0 Å². The molecule has 2 aromatic carbocycles. The Bertz CT molecular complexity index is 634. The second-order valence-electron chi connectivity index (χ2n) is 7.08. The minimum Gasteiger partial charge on any atom is -0.508 e. The molecule has 0 bridgehead atoms. The Morgan fingerprint density at radius 2 is 1.32 bits per heavy atom. The molecule has 0 aromatic heterocycles. The van der Waals surface area contributed by atoms with Crippen LogP contribution < -0.4 is 0 Å². The van der Waals surface area contributed by atoms with Crippen LogP contribution in [0.5, 0.6) is 5.75 Å². The van der Waals surface area contributed by atoms with Crippen LogP contribution in [0.15, 0.2) is 36.4 Å². The molecule has 0 fully saturated rings. The van der Waals surface area contributed by atoms with Crippen LogP contribution in [0.25, 0.3) is 11.1 Å². The van der Waals surface area contributed by atoms with Gasteiger partial charge >= 0.3 is 0 Å². The summed E-state index contributed by atoms with van der Waals surface area (Å²) in [5.41, 5.74) is 6.77. The SMILES string of the molecule is CC(C)c1cc(-c2ccc(O)cc2)c(C(C)C)c(C(C)C)c1. The van der Waals surface area contributed by atoms with Gasteiger partial charge in [-0.3, -0.25) is 0 Å². The summed E-state index contributed by atoms with van der Waals surface area (Å²) in [6.45, 7) is 13.6. The van der Waals surface area contributed by atoms with E-state index in [2.05, 4.69) is 53.7 Å². The van der Waals surface area contributed by atoms with Crippen LogP contribution in [0.3, 0.4) is 0 Å². The molecule has 0 unspecified atom stereocenters. The van der Waals surface area contributed by atoms with Crippen molar-refractivity contribution >= 4 is 0 Å². The van der Waals surface area contributed by atoms with Crippen LogP contribution in [-0.2, 0) is 0 Å².